The molecule has 2 rings (SSSR count). The molecule has 1 fully saturated rings. The molecule has 1 aromatic heterocycles. The van der Waals surface area contributed by atoms with Crippen LogP contribution in [0.2, 0.25) is 0 Å². The third-order valence-corrected chi connectivity index (χ3v) is 4.33. The first-order valence-corrected chi connectivity index (χ1v) is 6.50. The second kappa shape index (κ2) is 4.97. The Kier molecular flexibility index (Phi) is 3.61. The highest BCUT2D eigenvalue weighted by Gasteiger charge is 2.23. The minimum Gasteiger partial charge on any atom is -0.393 e. The quantitative estimate of drug-likeness (QED) is 0.822. The highest BCUT2D eigenvalue weighted by molar-refractivity contribution is 7.17. The van der Waals surface area contributed by atoms with Gasteiger partial charge < -0.3 is 10.0 Å². The summed E-state index contributed by atoms with van der Waals surface area (Å²) >= 11 is 1.54. The van der Waals surface area contributed by atoms with E-state index in [4.69, 9.17) is 0 Å². The third kappa shape index (κ3) is 2.44. The van der Waals surface area contributed by atoms with Gasteiger partial charge in [0.25, 0.3) is 0 Å². The van der Waals surface area contributed by atoms with E-state index in [9.17, 15) is 9.90 Å². The predicted octanol–water partition coefficient (Wildman–Crippen LogP) is 2.16. The molecular formula is C12H17NO2S. The fourth-order valence-electron chi connectivity index (χ4n) is 2.18. The molecule has 1 N–H and O–H groups in total. The van der Waals surface area contributed by atoms with Crippen molar-refractivity contribution < 1.29 is 9.90 Å². The Balaban J connectivity index is 1.96. The summed E-state index contributed by atoms with van der Waals surface area (Å²) in [7, 11) is 0. The first-order valence-electron chi connectivity index (χ1n) is 5.68. The van der Waals surface area contributed by atoms with Crippen LogP contribution in [-0.4, -0.2) is 30.6 Å². The lowest BCUT2D eigenvalue weighted by Gasteiger charge is -2.33. The molecule has 0 aliphatic carbocycles. The topological polar surface area (TPSA) is 40.5 Å². The van der Waals surface area contributed by atoms with Gasteiger partial charge in [-0.3, -0.25) is 4.79 Å². The fraction of sp³-hybridized carbons (Fsp3) is 0.583. The van der Waals surface area contributed by atoms with Crippen molar-refractivity contribution in [3.8, 4) is 0 Å². The Bertz CT molecular complexity index is 354. The summed E-state index contributed by atoms with van der Waals surface area (Å²) in [4.78, 5) is 13.7. The first-order chi connectivity index (χ1) is 7.70. The zero-order valence-electron chi connectivity index (χ0n) is 9.43. The largest absolute Gasteiger partial charge is 0.393 e. The van der Waals surface area contributed by atoms with Crippen LogP contribution in [0.25, 0.3) is 0 Å². The maximum absolute atomic E-state index is 10.6. The summed E-state index contributed by atoms with van der Waals surface area (Å²) in [5.74, 6) is 0.432. The van der Waals surface area contributed by atoms with Crippen molar-refractivity contribution in [1.82, 2.24) is 0 Å². The van der Waals surface area contributed by atoms with Crippen LogP contribution in [0, 0.1) is 5.92 Å². The minimum atomic E-state index is -0.198. The summed E-state index contributed by atoms with van der Waals surface area (Å²) in [6.07, 6.45) is 2.77. The molecule has 1 atom stereocenters. The first kappa shape index (κ1) is 11.6. The summed E-state index contributed by atoms with van der Waals surface area (Å²) in [5.41, 5.74) is 0. The molecular weight excluding hydrogens is 222 g/mol. The number of aliphatic hydroxyl groups is 1. The summed E-state index contributed by atoms with van der Waals surface area (Å²) in [6.45, 7) is 3.83. The van der Waals surface area contributed by atoms with E-state index in [1.807, 2.05) is 19.1 Å². The van der Waals surface area contributed by atoms with Crippen molar-refractivity contribution in [2.75, 3.05) is 18.0 Å². The lowest BCUT2D eigenvalue weighted by molar-refractivity contribution is 0.110. The Morgan fingerprint density at radius 2 is 2.19 bits per heavy atom. The van der Waals surface area contributed by atoms with Crippen LogP contribution in [0.1, 0.15) is 29.4 Å². The van der Waals surface area contributed by atoms with E-state index < -0.39 is 0 Å². The van der Waals surface area contributed by atoms with Gasteiger partial charge in [-0.2, -0.15) is 0 Å². The number of aliphatic hydroxyl groups excluding tert-OH is 1. The van der Waals surface area contributed by atoms with E-state index in [0.29, 0.717) is 5.92 Å². The van der Waals surface area contributed by atoms with E-state index in [1.54, 1.807) is 11.3 Å². The fourth-order valence-corrected chi connectivity index (χ4v) is 3.05. The number of rotatable bonds is 3. The monoisotopic (exact) mass is 239 g/mol. The Morgan fingerprint density at radius 1 is 1.50 bits per heavy atom. The van der Waals surface area contributed by atoms with Gasteiger partial charge in [0.15, 0.2) is 6.29 Å². The number of nitrogens with zero attached hydrogens (tertiary/aromatic N) is 1. The van der Waals surface area contributed by atoms with E-state index in [1.165, 1.54) is 5.00 Å². The van der Waals surface area contributed by atoms with Crippen LogP contribution in [0.4, 0.5) is 5.00 Å². The number of carbonyl (C=O) groups excluding carboxylic acids is 1. The highest BCUT2D eigenvalue weighted by Crippen LogP contribution is 2.30. The third-order valence-electron chi connectivity index (χ3n) is 3.26. The normalized spacial score (nSPS) is 19.8. The van der Waals surface area contributed by atoms with E-state index in [0.717, 1.165) is 37.1 Å². The minimum absolute atomic E-state index is 0.198. The van der Waals surface area contributed by atoms with Gasteiger partial charge in [-0.1, -0.05) is 0 Å². The molecule has 0 aromatic carbocycles. The van der Waals surface area contributed by atoms with Crippen molar-refractivity contribution >= 4 is 22.6 Å². The van der Waals surface area contributed by atoms with Gasteiger partial charge in [0, 0.05) is 13.1 Å². The van der Waals surface area contributed by atoms with E-state index in [-0.39, 0.29) is 6.10 Å². The van der Waals surface area contributed by atoms with Gasteiger partial charge in [0.05, 0.1) is 16.0 Å². The van der Waals surface area contributed by atoms with Crippen molar-refractivity contribution in [3.63, 3.8) is 0 Å². The molecule has 16 heavy (non-hydrogen) atoms. The molecule has 3 nitrogen and oxygen atoms in total. The Hall–Kier alpha value is -0.870. The SMILES string of the molecule is CC(O)C1CCN(c2ccc(C=O)s2)CC1. The number of piperidine rings is 1. The molecule has 0 saturated carbocycles. The standard InChI is InChI=1S/C12H17NO2S/c1-9(15)10-4-6-13(7-5-10)12-3-2-11(8-14)16-12/h2-3,8-10,15H,4-7H2,1H3. The van der Waals surface area contributed by atoms with Crippen LogP contribution in [-0.2, 0) is 0 Å². The average Bonchev–Trinajstić information content (AvgIpc) is 2.77. The Morgan fingerprint density at radius 3 is 2.69 bits per heavy atom. The molecule has 4 heteroatoms. The van der Waals surface area contributed by atoms with Crippen molar-refractivity contribution in [2.45, 2.75) is 25.9 Å². The van der Waals surface area contributed by atoms with Gasteiger partial charge in [-0.25, -0.2) is 0 Å². The molecule has 2 heterocycles. The van der Waals surface area contributed by atoms with Crippen molar-refractivity contribution in [2.24, 2.45) is 5.92 Å². The number of hydrogen-bond acceptors (Lipinski definition) is 4. The molecule has 1 aliphatic rings. The molecule has 0 amide bonds. The van der Waals surface area contributed by atoms with Gasteiger partial charge in [-0.15, -0.1) is 11.3 Å². The molecule has 88 valence electrons. The zero-order chi connectivity index (χ0) is 11.5. The van der Waals surface area contributed by atoms with Crippen LogP contribution >= 0.6 is 11.3 Å². The highest BCUT2D eigenvalue weighted by atomic mass is 32.1. The predicted molar refractivity (Wildman–Crippen MR) is 66.3 cm³/mol. The van der Waals surface area contributed by atoms with Gasteiger partial charge >= 0.3 is 0 Å². The number of carbonyl (C=O) groups is 1. The van der Waals surface area contributed by atoms with Gasteiger partial charge in [0.1, 0.15) is 0 Å². The smallest absolute Gasteiger partial charge is 0.160 e. The molecule has 0 radical (unpaired) electrons. The van der Waals surface area contributed by atoms with Crippen LogP contribution in [0.3, 0.4) is 0 Å². The molecule has 1 aliphatic heterocycles. The number of thiophene rings is 1. The maximum atomic E-state index is 10.6. The van der Waals surface area contributed by atoms with Crippen LogP contribution in [0.5, 0.6) is 0 Å². The van der Waals surface area contributed by atoms with Gasteiger partial charge in [0.2, 0.25) is 0 Å². The molecule has 0 bridgehead atoms. The van der Waals surface area contributed by atoms with Crippen molar-refractivity contribution in [3.05, 3.63) is 17.0 Å². The molecule has 1 saturated heterocycles. The average molecular weight is 239 g/mol. The van der Waals surface area contributed by atoms with Crippen LogP contribution in [0.15, 0.2) is 12.1 Å². The molecule has 1 unspecified atom stereocenters. The second-order valence-electron chi connectivity index (χ2n) is 4.36. The molecule has 1 aromatic rings. The summed E-state index contributed by atoms with van der Waals surface area (Å²) in [6, 6.07) is 3.88. The summed E-state index contributed by atoms with van der Waals surface area (Å²) < 4.78 is 0. The maximum Gasteiger partial charge on any atom is 0.160 e. The lowest BCUT2D eigenvalue weighted by atomic mass is 9.92. The molecule has 0 spiro atoms. The van der Waals surface area contributed by atoms with Crippen molar-refractivity contribution in [1.29, 1.82) is 0 Å². The zero-order valence-corrected chi connectivity index (χ0v) is 10.2. The second-order valence-corrected chi connectivity index (χ2v) is 5.45. The Labute approximate surface area is 99.7 Å². The van der Waals surface area contributed by atoms with Gasteiger partial charge in [-0.05, 0) is 37.8 Å². The number of hydrogen-bond donors (Lipinski definition) is 1. The summed E-state index contributed by atoms with van der Waals surface area (Å²) in [5, 5.41) is 10.7. The van der Waals surface area contributed by atoms with Crippen LogP contribution < -0.4 is 4.90 Å². The van der Waals surface area contributed by atoms with E-state index in [2.05, 4.69) is 4.90 Å². The lowest BCUT2D eigenvalue weighted by Crippen LogP contribution is -2.36. The number of aldehydes is 1. The van der Waals surface area contributed by atoms with E-state index >= 15 is 0 Å². The number of anilines is 1.